The highest BCUT2D eigenvalue weighted by Crippen LogP contribution is 2.35. The van der Waals surface area contributed by atoms with Gasteiger partial charge in [0, 0.05) is 22.2 Å². The first-order valence-electron chi connectivity index (χ1n) is 5.33. The maximum atomic E-state index is 6.20. The molecule has 0 spiro atoms. The molecule has 0 radical (unpaired) electrons. The Hall–Kier alpha value is 0.410. The van der Waals surface area contributed by atoms with Gasteiger partial charge in [-0.1, -0.05) is 36.2 Å². The van der Waals surface area contributed by atoms with Crippen molar-refractivity contribution in [3.05, 3.63) is 33.8 Å². The number of hydrogen-bond acceptors (Lipinski definition) is 3. The summed E-state index contributed by atoms with van der Waals surface area (Å²) >= 11 is 12.4. The van der Waals surface area contributed by atoms with E-state index in [1.54, 1.807) is 0 Å². The highest BCUT2D eigenvalue weighted by atomic mass is 127. The molecule has 2 atom stereocenters. The summed E-state index contributed by atoms with van der Waals surface area (Å²) < 4.78 is 0. The molecule has 3 N–H and O–H groups in total. The van der Waals surface area contributed by atoms with Crippen LogP contribution in [0, 0.1) is 0 Å². The van der Waals surface area contributed by atoms with Gasteiger partial charge < -0.3 is 5.73 Å². The molecule has 0 amide bonds. The van der Waals surface area contributed by atoms with E-state index >= 15 is 0 Å². The van der Waals surface area contributed by atoms with Crippen molar-refractivity contribution in [3.8, 4) is 0 Å². The molecule has 1 aliphatic heterocycles. The monoisotopic (exact) mass is 387 g/mol. The number of likely N-dealkylation sites (N-methyl/N-ethyl adjacent to an activating group) is 1. The highest BCUT2D eigenvalue weighted by molar-refractivity contribution is 14.0. The Morgan fingerprint density at radius 2 is 2.00 bits per heavy atom. The van der Waals surface area contributed by atoms with Crippen LogP contribution in [0.1, 0.15) is 18.5 Å². The van der Waals surface area contributed by atoms with Crippen molar-refractivity contribution < 1.29 is 0 Å². The first-order chi connectivity index (χ1) is 7.65. The van der Waals surface area contributed by atoms with E-state index in [-0.39, 0.29) is 36.3 Å². The molecule has 0 aromatic heterocycles. The van der Waals surface area contributed by atoms with E-state index < -0.39 is 0 Å². The van der Waals surface area contributed by atoms with Crippen LogP contribution >= 0.6 is 47.2 Å². The summed E-state index contributed by atoms with van der Waals surface area (Å²) in [7, 11) is 0. The number of nitrogens with zero attached hydrogens (tertiary/aromatic N) is 1. The zero-order valence-corrected chi connectivity index (χ0v) is 13.3. The van der Waals surface area contributed by atoms with E-state index in [0.29, 0.717) is 10.0 Å². The van der Waals surface area contributed by atoms with Gasteiger partial charge in [0.15, 0.2) is 0 Å². The van der Waals surface area contributed by atoms with Gasteiger partial charge in [-0.05, 0) is 18.7 Å². The number of nitrogens with two attached hydrogens (primary N) is 1. The third-order valence-electron chi connectivity index (χ3n) is 2.98. The minimum Gasteiger partial charge on any atom is -0.303 e. The SMILES string of the molecule is CCN1C(N)NCC1c1c(Cl)cccc1Cl.I. The van der Waals surface area contributed by atoms with Crippen LogP contribution in [-0.2, 0) is 0 Å². The van der Waals surface area contributed by atoms with E-state index in [0.717, 1.165) is 18.7 Å². The molecule has 1 heterocycles. The van der Waals surface area contributed by atoms with Crippen LogP contribution in [0.5, 0.6) is 0 Å². The summed E-state index contributed by atoms with van der Waals surface area (Å²) in [5.74, 6) is 0. The topological polar surface area (TPSA) is 41.3 Å². The van der Waals surface area contributed by atoms with Crippen LogP contribution in [0.25, 0.3) is 0 Å². The average molecular weight is 388 g/mol. The minimum atomic E-state index is -0.123. The maximum Gasteiger partial charge on any atom is 0.112 e. The lowest BCUT2D eigenvalue weighted by atomic mass is 10.1. The van der Waals surface area contributed by atoms with Gasteiger partial charge in [-0.2, -0.15) is 0 Å². The predicted octanol–water partition coefficient (Wildman–Crippen LogP) is 2.82. The zero-order valence-electron chi connectivity index (χ0n) is 9.49. The van der Waals surface area contributed by atoms with Crippen molar-refractivity contribution >= 4 is 47.2 Å². The second kappa shape index (κ2) is 6.54. The molecule has 3 nitrogen and oxygen atoms in total. The third-order valence-corrected chi connectivity index (χ3v) is 3.64. The van der Waals surface area contributed by atoms with Gasteiger partial charge in [0.25, 0.3) is 0 Å². The molecule has 0 saturated carbocycles. The number of rotatable bonds is 2. The maximum absolute atomic E-state index is 6.20. The van der Waals surface area contributed by atoms with Gasteiger partial charge >= 0.3 is 0 Å². The van der Waals surface area contributed by atoms with Crippen molar-refractivity contribution in [2.75, 3.05) is 13.1 Å². The molecule has 0 bridgehead atoms. The van der Waals surface area contributed by atoms with Crippen LogP contribution in [0.4, 0.5) is 0 Å². The van der Waals surface area contributed by atoms with Crippen LogP contribution in [-0.4, -0.2) is 24.3 Å². The molecule has 0 aliphatic carbocycles. The first kappa shape index (κ1) is 15.5. The Kier molecular flexibility index (Phi) is 5.95. The van der Waals surface area contributed by atoms with Gasteiger partial charge in [0.1, 0.15) is 6.29 Å². The number of halogens is 3. The summed E-state index contributed by atoms with van der Waals surface area (Å²) in [6.07, 6.45) is -0.123. The van der Waals surface area contributed by atoms with Crippen LogP contribution in [0.15, 0.2) is 18.2 Å². The molecule has 17 heavy (non-hydrogen) atoms. The number of hydrogen-bond donors (Lipinski definition) is 2. The molecule has 1 fully saturated rings. The fraction of sp³-hybridized carbons (Fsp3) is 0.455. The Bertz CT molecular complexity index is 369. The Balaban J connectivity index is 0.00000144. The molecule has 96 valence electrons. The van der Waals surface area contributed by atoms with Gasteiger partial charge in [-0.3, -0.25) is 10.2 Å². The van der Waals surface area contributed by atoms with Crippen molar-refractivity contribution in [3.63, 3.8) is 0 Å². The quantitative estimate of drug-likeness (QED) is 0.766. The molecule has 1 saturated heterocycles. The minimum absolute atomic E-state index is 0. The van der Waals surface area contributed by atoms with Gasteiger partial charge in [-0.15, -0.1) is 24.0 Å². The lowest BCUT2D eigenvalue weighted by molar-refractivity contribution is 0.204. The fourth-order valence-corrected chi connectivity index (χ4v) is 2.82. The van der Waals surface area contributed by atoms with Crippen molar-refractivity contribution in [1.29, 1.82) is 0 Å². The summed E-state index contributed by atoms with van der Waals surface area (Å²) in [4.78, 5) is 2.15. The lowest BCUT2D eigenvalue weighted by Crippen LogP contribution is -2.43. The smallest absolute Gasteiger partial charge is 0.112 e. The first-order valence-corrected chi connectivity index (χ1v) is 6.09. The van der Waals surface area contributed by atoms with Crippen LogP contribution in [0.2, 0.25) is 10.0 Å². The molecule has 1 aliphatic rings. The summed E-state index contributed by atoms with van der Waals surface area (Å²) in [5.41, 5.74) is 6.91. The molecule has 2 rings (SSSR count). The standard InChI is InChI=1S/C11H15Cl2N3.HI/c1-2-16-9(6-15-11(16)14)10-7(12)4-3-5-8(10)13;/h3-5,9,11,15H,2,6,14H2,1H3;1H. The van der Waals surface area contributed by atoms with Gasteiger partial charge in [0.2, 0.25) is 0 Å². The molecular formula is C11H16Cl2IN3. The molecule has 6 heteroatoms. The highest BCUT2D eigenvalue weighted by Gasteiger charge is 2.32. The van der Waals surface area contributed by atoms with Gasteiger partial charge in [0.05, 0.1) is 6.04 Å². The Morgan fingerprint density at radius 3 is 2.53 bits per heavy atom. The van der Waals surface area contributed by atoms with Crippen molar-refractivity contribution in [1.82, 2.24) is 10.2 Å². The average Bonchev–Trinajstić information content (AvgIpc) is 2.59. The van der Waals surface area contributed by atoms with Gasteiger partial charge in [-0.25, -0.2) is 0 Å². The van der Waals surface area contributed by atoms with E-state index in [1.807, 2.05) is 18.2 Å². The van der Waals surface area contributed by atoms with E-state index in [4.69, 9.17) is 28.9 Å². The molecular weight excluding hydrogens is 372 g/mol. The number of benzene rings is 1. The molecule has 1 aromatic rings. The largest absolute Gasteiger partial charge is 0.303 e. The normalized spacial score (nSPS) is 24.7. The molecule has 1 aromatic carbocycles. The zero-order chi connectivity index (χ0) is 11.7. The van der Waals surface area contributed by atoms with E-state index in [2.05, 4.69) is 17.1 Å². The lowest BCUT2D eigenvalue weighted by Gasteiger charge is -2.26. The van der Waals surface area contributed by atoms with Crippen LogP contribution < -0.4 is 11.1 Å². The molecule has 2 unspecified atom stereocenters. The second-order valence-corrected chi connectivity index (χ2v) is 4.65. The third kappa shape index (κ3) is 3.05. The fourth-order valence-electron chi connectivity index (χ4n) is 2.17. The van der Waals surface area contributed by atoms with E-state index in [9.17, 15) is 0 Å². The van der Waals surface area contributed by atoms with Crippen LogP contribution in [0.3, 0.4) is 0 Å². The number of nitrogens with one attached hydrogen (secondary N) is 1. The second-order valence-electron chi connectivity index (χ2n) is 3.83. The summed E-state index contributed by atoms with van der Waals surface area (Å²) in [6, 6.07) is 5.73. The van der Waals surface area contributed by atoms with E-state index in [1.165, 1.54) is 0 Å². The Morgan fingerprint density at radius 1 is 1.41 bits per heavy atom. The summed E-state index contributed by atoms with van der Waals surface area (Å²) in [6.45, 7) is 3.71. The van der Waals surface area contributed by atoms with Crippen molar-refractivity contribution in [2.24, 2.45) is 5.73 Å². The predicted molar refractivity (Wildman–Crippen MR) is 83.0 cm³/mol. The van der Waals surface area contributed by atoms with Crippen molar-refractivity contribution in [2.45, 2.75) is 19.3 Å². The Labute approximate surface area is 129 Å². The summed E-state index contributed by atoms with van der Waals surface area (Å²) in [5, 5.41) is 4.61.